The predicted molar refractivity (Wildman–Crippen MR) is 65.9 cm³/mol. The van der Waals surface area contributed by atoms with Crippen molar-refractivity contribution in [1.29, 1.82) is 0 Å². The minimum absolute atomic E-state index is 1.04. The summed E-state index contributed by atoms with van der Waals surface area (Å²) in [6.45, 7) is 0. The molecule has 0 spiro atoms. The molecule has 0 radical (unpaired) electrons. The topological polar surface area (TPSA) is 0 Å². The molecule has 9 heavy (non-hydrogen) atoms. The first-order valence-corrected chi connectivity index (χ1v) is 13.9. The van der Waals surface area contributed by atoms with E-state index in [4.69, 9.17) is 0 Å². The van der Waals surface area contributed by atoms with Crippen LogP contribution in [0.3, 0.4) is 0 Å². The first-order chi connectivity index (χ1) is 3.81. The van der Waals surface area contributed by atoms with E-state index in [-0.39, 0.29) is 0 Å². The molecule has 6 heteroatoms. The molecule has 0 atom stereocenters. The third kappa shape index (κ3) is 10.8. The van der Waals surface area contributed by atoms with Gasteiger partial charge < -0.3 is 0 Å². The van der Waals surface area contributed by atoms with E-state index in [2.05, 4.69) is 77.9 Å². The van der Waals surface area contributed by atoms with Gasteiger partial charge in [-0.3, -0.25) is 0 Å². The molecule has 0 rings (SSSR count). The van der Waals surface area contributed by atoms with Crippen LogP contribution in [-0.4, -0.2) is 11.5 Å². The molecule has 0 aliphatic heterocycles. The van der Waals surface area contributed by atoms with E-state index in [1.807, 2.05) is 0 Å². The van der Waals surface area contributed by atoms with Gasteiger partial charge in [-0.2, -0.15) is 0 Å². The molecule has 0 aliphatic carbocycles. The Bertz CT molecular complexity index is 84.9. The summed E-state index contributed by atoms with van der Waals surface area (Å²) in [7, 11) is 0. The van der Waals surface area contributed by atoms with Gasteiger partial charge in [0.2, 0.25) is 0 Å². The predicted octanol–water partition coefficient (Wildman–Crippen LogP) is 5.56. The molecule has 0 amide bonds. The average molecular weight is 473 g/mol. The van der Waals surface area contributed by atoms with Crippen LogP contribution < -0.4 is 0 Å². The molecule has 0 aromatic heterocycles. The van der Waals surface area contributed by atoms with E-state index in [1.54, 1.807) is 0 Å². The Morgan fingerprint density at radius 2 is 1.44 bits per heavy atom. The van der Waals surface area contributed by atoms with Crippen LogP contribution in [-0.2, 0) is 0 Å². The van der Waals surface area contributed by atoms with Crippen LogP contribution in [0, 0.1) is 0 Å². The fraction of sp³-hybridized carbons (Fsp3) is 1.00. The summed E-state index contributed by atoms with van der Waals surface area (Å²) in [6.07, 6.45) is 2.22. The van der Waals surface area contributed by atoms with Gasteiger partial charge in [-0.05, 0) is 0 Å². The van der Waals surface area contributed by atoms with Crippen LogP contribution in [0.15, 0.2) is 0 Å². The summed E-state index contributed by atoms with van der Waals surface area (Å²) in [5, 5.41) is 1.04. The van der Waals surface area contributed by atoms with Crippen molar-refractivity contribution in [2.75, 3.05) is 11.5 Å². The number of hydrogen-bond donors (Lipinski definition) is 0. The minimum atomic E-state index is -1.91. The second-order valence-corrected chi connectivity index (χ2v) is 40.5. The van der Waals surface area contributed by atoms with Gasteiger partial charge in [0.1, 0.15) is 0 Å². The molecule has 0 N–H and O–H groups in total. The molecule has 0 saturated carbocycles. The second kappa shape index (κ2) is 4.18. The summed E-state index contributed by atoms with van der Waals surface area (Å²) in [5.74, 6) is 0. The third-order valence-corrected chi connectivity index (χ3v) is 6.44. The first-order valence-electron chi connectivity index (χ1n) is 2.26. The van der Waals surface area contributed by atoms with Crippen LogP contribution in [0.1, 0.15) is 6.42 Å². The van der Waals surface area contributed by atoms with Crippen molar-refractivity contribution in [3.05, 3.63) is 0 Å². The maximum absolute atomic E-state index is 3.54. The van der Waals surface area contributed by atoms with Crippen molar-refractivity contribution >= 4 is 79.3 Å². The SMILES string of the molecule is BrCCCP(Br)(Br)(Br)Br. The van der Waals surface area contributed by atoms with Crippen LogP contribution in [0.25, 0.3) is 0 Å². The molecular weight excluding hydrogens is 467 g/mol. The van der Waals surface area contributed by atoms with Gasteiger partial charge in [0.15, 0.2) is 0 Å². The summed E-state index contributed by atoms with van der Waals surface area (Å²) in [4.78, 5) is 0. The first kappa shape index (κ1) is 11.8. The molecule has 0 saturated heterocycles. The summed E-state index contributed by atoms with van der Waals surface area (Å²) >= 11 is 17.5. The summed E-state index contributed by atoms with van der Waals surface area (Å²) in [5.41, 5.74) is 0. The van der Waals surface area contributed by atoms with Gasteiger partial charge in [-0.15, -0.1) is 0 Å². The molecule has 0 bridgehead atoms. The van der Waals surface area contributed by atoms with Crippen molar-refractivity contribution < 1.29 is 0 Å². The van der Waals surface area contributed by atoms with Gasteiger partial charge in [-0.1, -0.05) is 0 Å². The summed E-state index contributed by atoms with van der Waals surface area (Å²) in [6, 6.07) is 0. The van der Waals surface area contributed by atoms with Gasteiger partial charge >= 0.3 is 97.2 Å². The normalized spacial score (nSPS) is 16.8. The molecule has 0 aromatic rings. The maximum atomic E-state index is 3.54. The number of halogens is 5. The molecular formula is C3H6Br5P. The zero-order chi connectivity index (χ0) is 7.57. The Kier molecular flexibility index (Phi) is 5.49. The van der Waals surface area contributed by atoms with Gasteiger partial charge in [0.25, 0.3) is 0 Å². The monoisotopic (exact) mass is 468 g/mol. The zero-order valence-electron chi connectivity index (χ0n) is 4.46. The Morgan fingerprint density at radius 3 is 1.56 bits per heavy atom. The average Bonchev–Trinajstić information content (AvgIpc) is 1.57. The molecule has 0 unspecified atom stereocenters. The van der Waals surface area contributed by atoms with E-state index >= 15 is 0 Å². The van der Waals surface area contributed by atoms with Gasteiger partial charge in [-0.25, -0.2) is 0 Å². The molecule has 0 heterocycles. The summed E-state index contributed by atoms with van der Waals surface area (Å²) < 4.78 is -1.91. The molecule has 0 nitrogen and oxygen atoms in total. The molecule has 58 valence electrons. The van der Waals surface area contributed by atoms with Crippen molar-refractivity contribution in [3.63, 3.8) is 0 Å². The van der Waals surface area contributed by atoms with Gasteiger partial charge in [0.05, 0.1) is 0 Å². The van der Waals surface area contributed by atoms with E-state index < -0.39 is 1.41 Å². The van der Waals surface area contributed by atoms with Crippen molar-refractivity contribution in [2.24, 2.45) is 0 Å². The molecule has 0 fully saturated rings. The Labute approximate surface area is 95.9 Å². The van der Waals surface area contributed by atoms with E-state index in [0.29, 0.717) is 0 Å². The van der Waals surface area contributed by atoms with E-state index in [1.165, 1.54) is 0 Å². The number of rotatable bonds is 3. The Hall–Kier alpha value is 2.83. The van der Waals surface area contributed by atoms with Gasteiger partial charge in [0, 0.05) is 0 Å². The fourth-order valence-corrected chi connectivity index (χ4v) is 4.66. The quantitative estimate of drug-likeness (QED) is 0.373. The van der Waals surface area contributed by atoms with Crippen LogP contribution in [0.4, 0.5) is 0 Å². The Balaban J connectivity index is 3.60. The third-order valence-electron chi connectivity index (χ3n) is 0.630. The van der Waals surface area contributed by atoms with Crippen LogP contribution >= 0.6 is 79.3 Å². The second-order valence-electron chi connectivity index (χ2n) is 1.63. The Morgan fingerprint density at radius 1 is 1.00 bits per heavy atom. The van der Waals surface area contributed by atoms with E-state index in [9.17, 15) is 0 Å². The van der Waals surface area contributed by atoms with Crippen LogP contribution in [0.2, 0.25) is 0 Å². The zero-order valence-corrected chi connectivity index (χ0v) is 13.3. The standard InChI is InChI=1S/C3H6Br5P/c4-2-1-3-9(5,6,7)8/h1-3H2. The number of alkyl halides is 1. The van der Waals surface area contributed by atoms with Crippen molar-refractivity contribution in [2.45, 2.75) is 6.42 Å². The molecule has 0 aromatic carbocycles. The van der Waals surface area contributed by atoms with Crippen molar-refractivity contribution in [1.82, 2.24) is 0 Å². The fourth-order valence-electron chi connectivity index (χ4n) is 0.299. The van der Waals surface area contributed by atoms with E-state index in [0.717, 1.165) is 17.9 Å². The number of hydrogen-bond acceptors (Lipinski definition) is 0. The molecule has 0 aliphatic rings. The van der Waals surface area contributed by atoms with Crippen molar-refractivity contribution in [3.8, 4) is 0 Å². The van der Waals surface area contributed by atoms with Crippen LogP contribution in [0.5, 0.6) is 0 Å².